The summed E-state index contributed by atoms with van der Waals surface area (Å²) in [7, 11) is 1.46. The molecule has 1 aromatic carbocycles. The number of nitrogens with zero attached hydrogens (tertiary/aromatic N) is 2. The molecular weight excluding hydrogens is 351 g/mol. The molecule has 1 aliphatic rings. The number of carbonyl (C=O) groups is 1. The first-order valence-electron chi connectivity index (χ1n) is 7.76. The van der Waals surface area contributed by atoms with E-state index in [-0.39, 0.29) is 22.9 Å². The van der Waals surface area contributed by atoms with E-state index in [0.717, 1.165) is 25.0 Å². The lowest BCUT2D eigenvalue weighted by atomic mass is 10.2. The highest BCUT2D eigenvalue weighted by atomic mass is 35.5. The highest BCUT2D eigenvalue weighted by Crippen LogP contribution is 2.30. The Balaban J connectivity index is 2.10. The van der Waals surface area contributed by atoms with Crippen LogP contribution < -0.4 is 11.2 Å². The zero-order valence-corrected chi connectivity index (χ0v) is 14.5. The van der Waals surface area contributed by atoms with Crippen molar-refractivity contribution in [1.82, 2.24) is 9.13 Å². The van der Waals surface area contributed by atoms with E-state index >= 15 is 0 Å². The predicted octanol–water partition coefficient (Wildman–Crippen LogP) is 2.20. The Morgan fingerprint density at radius 2 is 2.00 bits per heavy atom. The second kappa shape index (κ2) is 6.48. The number of benzene rings is 1. The molecule has 0 radical (unpaired) electrons. The Hall–Kier alpha value is -2.41. The maximum absolute atomic E-state index is 14.4. The zero-order chi connectivity index (χ0) is 18.3. The standard InChI is InChI=1S/C17H16ClFN2O4/c1-9-5-15(22)21(17(24)20(9)2)14-6-11(12(18)7-13(14)19)16(23)25-8-10-3-4-10/h5-7,10H,3-4,8H2,1-2H3. The van der Waals surface area contributed by atoms with Crippen LogP contribution in [0.2, 0.25) is 5.02 Å². The molecule has 0 bridgehead atoms. The molecule has 1 aromatic heterocycles. The minimum absolute atomic E-state index is 0.0896. The van der Waals surface area contributed by atoms with Gasteiger partial charge in [0.05, 0.1) is 22.9 Å². The molecule has 1 saturated carbocycles. The van der Waals surface area contributed by atoms with E-state index in [4.69, 9.17) is 16.3 Å². The quantitative estimate of drug-likeness (QED) is 0.778. The summed E-state index contributed by atoms with van der Waals surface area (Å²) in [4.78, 5) is 36.7. The van der Waals surface area contributed by atoms with Gasteiger partial charge in [0, 0.05) is 18.8 Å². The van der Waals surface area contributed by atoms with Crippen LogP contribution in [-0.4, -0.2) is 21.7 Å². The van der Waals surface area contributed by atoms with E-state index in [1.54, 1.807) is 6.92 Å². The summed E-state index contributed by atoms with van der Waals surface area (Å²) in [5, 5.41) is -0.140. The molecule has 1 fully saturated rings. The summed E-state index contributed by atoms with van der Waals surface area (Å²) in [6.45, 7) is 1.86. The molecule has 0 aliphatic heterocycles. The SMILES string of the molecule is Cc1cc(=O)n(-c2cc(C(=O)OCC3CC3)c(Cl)cc2F)c(=O)n1C. The number of hydrogen-bond acceptors (Lipinski definition) is 4. The van der Waals surface area contributed by atoms with Crippen LogP contribution >= 0.6 is 11.6 Å². The van der Waals surface area contributed by atoms with E-state index in [9.17, 15) is 18.8 Å². The number of esters is 1. The third-order valence-electron chi connectivity index (χ3n) is 4.20. The monoisotopic (exact) mass is 366 g/mol. The van der Waals surface area contributed by atoms with Crippen LogP contribution in [0.15, 0.2) is 27.8 Å². The van der Waals surface area contributed by atoms with Crippen molar-refractivity contribution in [3.63, 3.8) is 0 Å². The lowest BCUT2D eigenvalue weighted by Gasteiger charge is -2.12. The van der Waals surface area contributed by atoms with Gasteiger partial charge in [0.15, 0.2) is 0 Å². The van der Waals surface area contributed by atoms with Crippen molar-refractivity contribution in [3.8, 4) is 5.69 Å². The van der Waals surface area contributed by atoms with E-state index in [1.165, 1.54) is 17.7 Å². The Bertz CT molecular complexity index is 976. The molecule has 3 rings (SSSR count). The van der Waals surface area contributed by atoms with Gasteiger partial charge < -0.3 is 9.30 Å². The average molecular weight is 367 g/mol. The summed E-state index contributed by atoms with van der Waals surface area (Å²) in [6.07, 6.45) is 2.01. The molecular formula is C17H16ClFN2O4. The summed E-state index contributed by atoms with van der Waals surface area (Å²) >= 11 is 5.94. The number of halogens is 2. The number of rotatable bonds is 4. The fraction of sp³-hybridized carbons (Fsp3) is 0.353. The highest BCUT2D eigenvalue weighted by molar-refractivity contribution is 6.33. The van der Waals surface area contributed by atoms with Crippen molar-refractivity contribution in [1.29, 1.82) is 0 Å². The van der Waals surface area contributed by atoms with Crippen molar-refractivity contribution in [2.24, 2.45) is 13.0 Å². The Labute approximate surface area is 147 Å². The van der Waals surface area contributed by atoms with Crippen LogP contribution in [0.4, 0.5) is 4.39 Å². The van der Waals surface area contributed by atoms with E-state index in [2.05, 4.69) is 0 Å². The Morgan fingerprint density at radius 3 is 2.64 bits per heavy atom. The Morgan fingerprint density at radius 1 is 1.32 bits per heavy atom. The fourth-order valence-electron chi connectivity index (χ4n) is 2.38. The van der Waals surface area contributed by atoms with Crippen molar-refractivity contribution in [3.05, 3.63) is 61.1 Å². The average Bonchev–Trinajstić information content (AvgIpc) is 3.36. The number of hydrogen-bond donors (Lipinski definition) is 0. The second-order valence-electron chi connectivity index (χ2n) is 6.13. The Kier molecular flexibility index (Phi) is 4.51. The molecule has 2 aromatic rings. The summed E-state index contributed by atoms with van der Waals surface area (Å²) < 4.78 is 21.4. The molecule has 0 saturated heterocycles. The topological polar surface area (TPSA) is 70.3 Å². The maximum Gasteiger partial charge on any atom is 0.339 e. The van der Waals surface area contributed by atoms with Crippen LogP contribution in [0.3, 0.4) is 0 Å². The van der Waals surface area contributed by atoms with Gasteiger partial charge in [-0.2, -0.15) is 0 Å². The van der Waals surface area contributed by atoms with Gasteiger partial charge in [-0.05, 0) is 37.8 Å². The van der Waals surface area contributed by atoms with Crippen LogP contribution in [-0.2, 0) is 11.8 Å². The molecule has 0 spiro atoms. The number of aromatic nitrogens is 2. The van der Waals surface area contributed by atoms with Gasteiger partial charge in [0.2, 0.25) is 0 Å². The van der Waals surface area contributed by atoms with E-state index in [0.29, 0.717) is 16.2 Å². The van der Waals surface area contributed by atoms with Crippen LogP contribution in [0.25, 0.3) is 5.69 Å². The van der Waals surface area contributed by atoms with Gasteiger partial charge in [-0.3, -0.25) is 4.79 Å². The summed E-state index contributed by atoms with van der Waals surface area (Å²) in [6, 6.07) is 3.18. The van der Waals surface area contributed by atoms with Crippen LogP contribution in [0.1, 0.15) is 28.9 Å². The second-order valence-corrected chi connectivity index (χ2v) is 6.53. The van der Waals surface area contributed by atoms with Gasteiger partial charge in [0.1, 0.15) is 5.82 Å². The molecule has 8 heteroatoms. The normalized spacial score (nSPS) is 13.8. The summed E-state index contributed by atoms with van der Waals surface area (Å²) in [5.74, 6) is -1.24. The third-order valence-corrected chi connectivity index (χ3v) is 4.52. The van der Waals surface area contributed by atoms with E-state index in [1.807, 2.05) is 0 Å². The first-order valence-corrected chi connectivity index (χ1v) is 8.13. The van der Waals surface area contributed by atoms with Gasteiger partial charge in [-0.1, -0.05) is 11.6 Å². The minimum Gasteiger partial charge on any atom is -0.462 e. The van der Waals surface area contributed by atoms with Crippen molar-refractivity contribution in [2.45, 2.75) is 19.8 Å². The van der Waals surface area contributed by atoms with Gasteiger partial charge >= 0.3 is 11.7 Å². The first-order chi connectivity index (χ1) is 11.8. The van der Waals surface area contributed by atoms with Crippen LogP contribution in [0.5, 0.6) is 0 Å². The third kappa shape index (κ3) is 3.37. The lowest BCUT2D eigenvalue weighted by Crippen LogP contribution is -2.38. The molecule has 132 valence electrons. The molecule has 0 amide bonds. The number of aryl methyl sites for hydroxylation is 1. The number of ether oxygens (including phenoxy) is 1. The smallest absolute Gasteiger partial charge is 0.339 e. The van der Waals surface area contributed by atoms with E-state index < -0.39 is 23.0 Å². The van der Waals surface area contributed by atoms with Crippen molar-refractivity contribution in [2.75, 3.05) is 6.61 Å². The van der Waals surface area contributed by atoms with Gasteiger partial charge in [-0.15, -0.1) is 0 Å². The molecule has 1 aliphatic carbocycles. The van der Waals surface area contributed by atoms with Crippen molar-refractivity contribution >= 4 is 17.6 Å². The first kappa shape index (κ1) is 17.4. The molecule has 25 heavy (non-hydrogen) atoms. The zero-order valence-electron chi connectivity index (χ0n) is 13.7. The van der Waals surface area contributed by atoms with Crippen LogP contribution in [0, 0.1) is 18.7 Å². The lowest BCUT2D eigenvalue weighted by molar-refractivity contribution is 0.0486. The molecule has 0 atom stereocenters. The molecule has 1 heterocycles. The van der Waals surface area contributed by atoms with Crippen molar-refractivity contribution < 1.29 is 13.9 Å². The largest absolute Gasteiger partial charge is 0.462 e. The fourth-order valence-corrected chi connectivity index (χ4v) is 2.61. The van der Waals surface area contributed by atoms with Gasteiger partial charge in [0.25, 0.3) is 5.56 Å². The molecule has 6 nitrogen and oxygen atoms in total. The number of carbonyl (C=O) groups excluding carboxylic acids is 1. The van der Waals surface area contributed by atoms with Gasteiger partial charge in [-0.25, -0.2) is 18.5 Å². The molecule has 0 N–H and O–H groups in total. The molecule has 0 unspecified atom stereocenters. The summed E-state index contributed by atoms with van der Waals surface area (Å²) in [5.41, 5.74) is -1.41. The predicted molar refractivity (Wildman–Crippen MR) is 90.0 cm³/mol. The minimum atomic E-state index is -0.883. The maximum atomic E-state index is 14.4. The highest BCUT2D eigenvalue weighted by Gasteiger charge is 2.25.